The van der Waals surface area contributed by atoms with E-state index in [1.165, 1.54) is 0 Å². The van der Waals surface area contributed by atoms with Crippen molar-refractivity contribution < 1.29 is 9.84 Å². The molecule has 0 spiro atoms. The van der Waals surface area contributed by atoms with Crippen molar-refractivity contribution in [2.24, 2.45) is 0 Å². The molecule has 0 unspecified atom stereocenters. The Labute approximate surface area is 154 Å². The predicted octanol–water partition coefficient (Wildman–Crippen LogP) is 4.29. The van der Waals surface area contributed by atoms with Crippen LogP contribution in [-0.2, 0) is 6.54 Å². The van der Waals surface area contributed by atoms with Gasteiger partial charge in [-0.15, -0.1) is 0 Å². The predicted molar refractivity (Wildman–Crippen MR) is 104 cm³/mol. The third-order valence-corrected chi connectivity index (χ3v) is 4.95. The number of pyridine rings is 1. The Morgan fingerprint density at radius 3 is 2.69 bits per heavy atom. The highest BCUT2D eigenvalue weighted by atomic mass is 16.5. The summed E-state index contributed by atoms with van der Waals surface area (Å²) in [7, 11) is 0. The average molecular weight is 348 g/mol. The number of aryl methyl sites for hydroxylation is 1. The number of hydrogen-bond donors (Lipinski definition) is 1. The zero-order valence-corrected chi connectivity index (χ0v) is 15.1. The average Bonchev–Trinajstić information content (AvgIpc) is 2.63. The van der Waals surface area contributed by atoms with Crippen LogP contribution in [-0.4, -0.2) is 34.2 Å². The lowest BCUT2D eigenvalue weighted by Gasteiger charge is -2.32. The fourth-order valence-corrected chi connectivity index (χ4v) is 3.64. The Bertz CT molecular complexity index is 902. The fourth-order valence-electron chi connectivity index (χ4n) is 3.64. The summed E-state index contributed by atoms with van der Waals surface area (Å²) in [5.74, 6) is 1.28. The Balaban J connectivity index is 1.40. The minimum atomic E-state index is 0.237. The molecule has 1 aromatic heterocycles. The van der Waals surface area contributed by atoms with Gasteiger partial charge in [0.1, 0.15) is 17.6 Å². The molecule has 1 aliphatic heterocycles. The van der Waals surface area contributed by atoms with Crippen molar-refractivity contribution in [3.63, 3.8) is 0 Å². The van der Waals surface area contributed by atoms with Gasteiger partial charge in [0, 0.05) is 36.8 Å². The summed E-state index contributed by atoms with van der Waals surface area (Å²) in [6.45, 7) is 4.89. The van der Waals surface area contributed by atoms with Crippen molar-refractivity contribution in [2.75, 3.05) is 13.1 Å². The van der Waals surface area contributed by atoms with Gasteiger partial charge in [-0.05, 0) is 49.6 Å². The van der Waals surface area contributed by atoms with Crippen LogP contribution in [0.2, 0.25) is 0 Å². The van der Waals surface area contributed by atoms with E-state index in [0.717, 1.165) is 60.4 Å². The van der Waals surface area contributed by atoms with E-state index < -0.39 is 0 Å². The molecule has 0 atom stereocenters. The highest BCUT2D eigenvalue weighted by Crippen LogP contribution is 2.28. The molecule has 1 fully saturated rings. The second-order valence-corrected chi connectivity index (χ2v) is 7.04. The van der Waals surface area contributed by atoms with Gasteiger partial charge >= 0.3 is 0 Å². The molecule has 0 radical (unpaired) electrons. The first-order valence-electron chi connectivity index (χ1n) is 9.21. The number of benzene rings is 2. The molecule has 4 nitrogen and oxygen atoms in total. The first-order chi connectivity index (χ1) is 12.7. The zero-order valence-electron chi connectivity index (χ0n) is 15.1. The first kappa shape index (κ1) is 16.9. The van der Waals surface area contributed by atoms with E-state index in [2.05, 4.69) is 22.0 Å². The maximum absolute atomic E-state index is 9.61. The molecule has 2 aromatic carbocycles. The van der Waals surface area contributed by atoms with Gasteiger partial charge in [-0.2, -0.15) is 0 Å². The van der Waals surface area contributed by atoms with Gasteiger partial charge in [-0.1, -0.05) is 24.3 Å². The van der Waals surface area contributed by atoms with Crippen molar-refractivity contribution in [1.29, 1.82) is 0 Å². The van der Waals surface area contributed by atoms with E-state index in [0.29, 0.717) is 5.75 Å². The summed E-state index contributed by atoms with van der Waals surface area (Å²) >= 11 is 0. The zero-order chi connectivity index (χ0) is 17.9. The number of phenolic OH excluding ortho intramolecular Hbond substituents is 1. The van der Waals surface area contributed by atoms with Crippen LogP contribution >= 0.6 is 0 Å². The van der Waals surface area contributed by atoms with Gasteiger partial charge in [0.2, 0.25) is 0 Å². The molecule has 3 aromatic rings. The Hall–Kier alpha value is -2.59. The summed E-state index contributed by atoms with van der Waals surface area (Å²) in [5.41, 5.74) is 3.13. The van der Waals surface area contributed by atoms with Crippen LogP contribution in [0.3, 0.4) is 0 Å². The number of likely N-dealkylation sites (tertiary alicyclic amines) is 1. The topological polar surface area (TPSA) is 45.6 Å². The van der Waals surface area contributed by atoms with E-state index in [4.69, 9.17) is 4.74 Å². The van der Waals surface area contributed by atoms with Crippen LogP contribution in [0.5, 0.6) is 11.5 Å². The maximum Gasteiger partial charge on any atom is 0.130 e. The molecule has 1 aliphatic rings. The monoisotopic (exact) mass is 348 g/mol. The van der Waals surface area contributed by atoms with Crippen LogP contribution in [0.15, 0.2) is 54.6 Å². The number of rotatable bonds is 4. The molecule has 0 bridgehead atoms. The molecular weight excluding hydrogens is 324 g/mol. The summed E-state index contributed by atoms with van der Waals surface area (Å²) in [4.78, 5) is 7.01. The number of ether oxygens (including phenoxy) is 1. The van der Waals surface area contributed by atoms with Gasteiger partial charge in [0.25, 0.3) is 0 Å². The van der Waals surface area contributed by atoms with Crippen molar-refractivity contribution in [3.05, 3.63) is 65.9 Å². The van der Waals surface area contributed by atoms with Gasteiger partial charge in [-0.3, -0.25) is 9.88 Å². The molecule has 134 valence electrons. The Morgan fingerprint density at radius 1 is 1.08 bits per heavy atom. The Morgan fingerprint density at radius 2 is 1.88 bits per heavy atom. The van der Waals surface area contributed by atoms with Crippen LogP contribution in [0, 0.1) is 6.92 Å². The van der Waals surface area contributed by atoms with E-state index in [1.807, 2.05) is 43.3 Å². The standard InChI is InChI=1S/C22H24N2O2/c1-16-13-22(20-7-2-3-8-21(20)23-16)26-19-9-11-24(12-10-19)15-17-5-4-6-18(25)14-17/h2-8,13-14,19,25H,9-12,15H2,1H3. The molecule has 0 aliphatic carbocycles. The van der Waals surface area contributed by atoms with Crippen LogP contribution in [0.4, 0.5) is 0 Å². The minimum Gasteiger partial charge on any atom is -0.508 e. The van der Waals surface area contributed by atoms with E-state index >= 15 is 0 Å². The number of fused-ring (bicyclic) bond motifs is 1. The van der Waals surface area contributed by atoms with E-state index in [9.17, 15) is 5.11 Å². The lowest BCUT2D eigenvalue weighted by molar-refractivity contribution is 0.0978. The van der Waals surface area contributed by atoms with Gasteiger partial charge < -0.3 is 9.84 Å². The number of phenols is 1. The lowest BCUT2D eigenvalue weighted by atomic mass is 10.1. The highest BCUT2D eigenvalue weighted by Gasteiger charge is 2.21. The van der Waals surface area contributed by atoms with Crippen LogP contribution < -0.4 is 4.74 Å². The molecule has 0 saturated carbocycles. The quantitative estimate of drug-likeness (QED) is 0.764. The summed E-state index contributed by atoms with van der Waals surface area (Å²) in [6.07, 6.45) is 2.25. The highest BCUT2D eigenvalue weighted by molar-refractivity contribution is 5.85. The number of aromatic hydroxyl groups is 1. The molecular formula is C22H24N2O2. The van der Waals surface area contributed by atoms with E-state index in [1.54, 1.807) is 6.07 Å². The van der Waals surface area contributed by atoms with Gasteiger partial charge in [-0.25, -0.2) is 0 Å². The lowest BCUT2D eigenvalue weighted by Crippen LogP contribution is -2.37. The summed E-state index contributed by atoms with van der Waals surface area (Å²) < 4.78 is 6.36. The number of aromatic nitrogens is 1. The van der Waals surface area contributed by atoms with Crippen molar-refractivity contribution >= 4 is 10.9 Å². The van der Waals surface area contributed by atoms with Gasteiger partial charge in [0.15, 0.2) is 0 Å². The van der Waals surface area contributed by atoms with Gasteiger partial charge in [0.05, 0.1) is 5.52 Å². The third kappa shape index (κ3) is 3.81. The number of nitrogens with zero attached hydrogens (tertiary/aromatic N) is 2. The number of hydrogen-bond acceptors (Lipinski definition) is 4. The SMILES string of the molecule is Cc1cc(OC2CCN(Cc3cccc(O)c3)CC2)c2ccccc2n1. The summed E-state index contributed by atoms with van der Waals surface area (Å²) in [6, 6.07) is 17.7. The molecule has 4 heteroatoms. The van der Waals surface area contributed by atoms with Crippen molar-refractivity contribution in [2.45, 2.75) is 32.4 Å². The largest absolute Gasteiger partial charge is 0.508 e. The molecule has 1 N–H and O–H groups in total. The molecule has 4 rings (SSSR count). The number of piperidine rings is 1. The normalized spacial score (nSPS) is 16.0. The molecule has 1 saturated heterocycles. The number of para-hydroxylation sites is 1. The van der Waals surface area contributed by atoms with Crippen molar-refractivity contribution in [3.8, 4) is 11.5 Å². The van der Waals surface area contributed by atoms with Crippen LogP contribution in [0.1, 0.15) is 24.1 Å². The van der Waals surface area contributed by atoms with Crippen molar-refractivity contribution in [1.82, 2.24) is 9.88 Å². The first-order valence-corrected chi connectivity index (χ1v) is 9.21. The summed E-state index contributed by atoms with van der Waals surface area (Å²) in [5, 5.41) is 10.7. The molecule has 2 heterocycles. The fraction of sp³-hybridized carbons (Fsp3) is 0.318. The minimum absolute atomic E-state index is 0.237. The second-order valence-electron chi connectivity index (χ2n) is 7.04. The second kappa shape index (κ2) is 7.34. The third-order valence-electron chi connectivity index (χ3n) is 4.95. The molecule has 0 amide bonds. The smallest absolute Gasteiger partial charge is 0.130 e. The van der Waals surface area contributed by atoms with Crippen LogP contribution in [0.25, 0.3) is 10.9 Å². The van der Waals surface area contributed by atoms with E-state index in [-0.39, 0.29) is 6.10 Å². The molecule has 26 heavy (non-hydrogen) atoms. The Kier molecular flexibility index (Phi) is 4.76. The maximum atomic E-state index is 9.61.